The minimum atomic E-state index is -4.63. The standard InChI is InChI=1S/C26H33BrF3N3O4S/c1-4-5-14-31-25(35)19(2)32(18-20-9-6-11-22(27)16-20)24(34)13-8-15-33(38(3,36)37)23-12-7-10-21(17-23)26(28,29)30/h6-7,9-12,16-17,19H,4-5,8,13-15,18H2,1-3H3,(H,31,35)/t19-/m0/s1. The van der Waals surface area contributed by atoms with Gasteiger partial charge >= 0.3 is 6.18 Å². The summed E-state index contributed by atoms with van der Waals surface area (Å²) >= 11 is 3.40. The maximum Gasteiger partial charge on any atom is 0.416 e. The molecule has 0 aliphatic carbocycles. The van der Waals surface area contributed by atoms with E-state index in [1.165, 1.54) is 11.0 Å². The number of carbonyl (C=O) groups is 2. The van der Waals surface area contributed by atoms with Gasteiger partial charge in [0, 0.05) is 30.5 Å². The molecule has 0 unspecified atom stereocenters. The second-order valence-electron chi connectivity index (χ2n) is 8.96. The van der Waals surface area contributed by atoms with E-state index in [9.17, 15) is 31.2 Å². The van der Waals surface area contributed by atoms with Crippen molar-refractivity contribution < 1.29 is 31.2 Å². The molecular weight excluding hydrogens is 587 g/mol. The molecule has 1 N–H and O–H groups in total. The lowest BCUT2D eigenvalue weighted by Crippen LogP contribution is -2.48. The van der Waals surface area contributed by atoms with Crippen LogP contribution in [0.15, 0.2) is 53.0 Å². The van der Waals surface area contributed by atoms with E-state index in [2.05, 4.69) is 21.2 Å². The van der Waals surface area contributed by atoms with Gasteiger partial charge in [0.25, 0.3) is 0 Å². The molecule has 2 amide bonds. The van der Waals surface area contributed by atoms with Crippen molar-refractivity contribution in [2.75, 3.05) is 23.7 Å². The number of hydrogen-bond donors (Lipinski definition) is 1. The van der Waals surface area contributed by atoms with Crippen molar-refractivity contribution >= 4 is 43.5 Å². The molecule has 2 aromatic carbocycles. The van der Waals surface area contributed by atoms with Crippen LogP contribution in [0.25, 0.3) is 0 Å². The Labute approximate surface area is 230 Å². The molecule has 12 heteroatoms. The van der Waals surface area contributed by atoms with Crippen LogP contribution in [-0.4, -0.2) is 50.5 Å². The Hall–Kier alpha value is -2.60. The molecule has 0 spiro atoms. The molecule has 7 nitrogen and oxygen atoms in total. The molecule has 0 aliphatic heterocycles. The van der Waals surface area contributed by atoms with Gasteiger partial charge in [0.05, 0.1) is 17.5 Å². The number of nitrogens with one attached hydrogen (secondary N) is 1. The molecule has 1 atom stereocenters. The van der Waals surface area contributed by atoms with Crippen LogP contribution < -0.4 is 9.62 Å². The van der Waals surface area contributed by atoms with E-state index in [-0.39, 0.29) is 43.4 Å². The third kappa shape index (κ3) is 9.61. The molecule has 0 saturated heterocycles. The molecule has 0 fully saturated rings. The molecule has 0 heterocycles. The fraction of sp³-hybridized carbons (Fsp3) is 0.462. The number of nitrogens with zero attached hydrogens (tertiary/aromatic N) is 2. The lowest BCUT2D eigenvalue weighted by Gasteiger charge is -2.29. The van der Waals surface area contributed by atoms with Gasteiger partial charge in [0.1, 0.15) is 6.04 Å². The number of halogens is 4. The summed E-state index contributed by atoms with van der Waals surface area (Å²) in [5.41, 5.74) is -0.310. The SMILES string of the molecule is CCCCNC(=O)[C@H](C)N(Cc1cccc(Br)c1)C(=O)CCCN(c1cccc(C(F)(F)F)c1)S(C)(=O)=O. The summed E-state index contributed by atoms with van der Waals surface area (Å²) in [5.74, 6) is -0.677. The summed E-state index contributed by atoms with van der Waals surface area (Å²) in [4.78, 5) is 27.4. The largest absolute Gasteiger partial charge is 0.416 e. The predicted molar refractivity (Wildman–Crippen MR) is 145 cm³/mol. The van der Waals surface area contributed by atoms with Gasteiger partial charge in [-0.3, -0.25) is 13.9 Å². The van der Waals surface area contributed by atoms with Crippen molar-refractivity contribution in [3.8, 4) is 0 Å². The first-order chi connectivity index (χ1) is 17.7. The monoisotopic (exact) mass is 619 g/mol. The lowest BCUT2D eigenvalue weighted by molar-refractivity contribution is -0.140. The van der Waals surface area contributed by atoms with Crippen LogP contribution in [0.4, 0.5) is 18.9 Å². The van der Waals surface area contributed by atoms with Crippen molar-refractivity contribution in [2.24, 2.45) is 0 Å². The van der Waals surface area contributed by atoms with E-state index in [0.29, 0.717) is 6.54 Å². The fourth-order valence-corrected chi connectivity index (χ4v) is 5.20. The van der Waals surface area contributed by atoms with Gasteiger partial charge in [-0.1, -0.05) is 47.5 Å². The number of hydrogen-bond acceptors (Lipinski definition) is 4. The third-order valence-corrected chi connectivity index (χ3v) is 7.54. The Bertz CT molecular complexity index is 1210. The molecule has 2 rings (SSSR count). The van der Waals surface area contributed by atoms with Gasteiger partial charge in [0.2, 0.25) is 21.8 Å². The van der Waals surface area contributed by atoms with Crippen LogP contribution >= 0.6 is 15.9 Å². The lowest BCUT2D eigenvalue weighted by atomic mass is 10.1. The first-order valence-corrected chi connectivity index (χ1v) is 14.8. The number of alkyl halides is 3. The Morgan fingerprint density at radius 2 is 1.76 bits per heavy atom. The first-order valence-electron chi connectivity index (χ1n) is 12.2. The molecule has 0 saturated carbocycles. The van der Waals surface area contributed by atoms with Gasteiger partial charge in [-0.25, -0.2) is 8.42 Å². The van der Waals surface area contributed by atoms with E-state index in [0.717, 1.165) is 51.6 Å². The molecule has 2 aromatic rings. The van der Waals surface area contributed by atoms with Crippen LogP contribution in [-0.2, 0) is 32.3 Å². The highest BCUT2D eigenvalue weighted by atomic mass is 79.9. The third-order valence-electron chi connectivity index (χ3n) is 5.85. The van der Waals surface area contributed by atoms with Gasteiger partial charge in [-0.05, 0) is 55.7 Å². The van der Waals surface area contributed by atoms with Crippen LogP contribution in [0.3, 0.4) is 0 Å². The number of unbranched alkanes of at least 4 members (excludes halogenated alkanes) is 1. The smallest absolute Gasteiger partial charge is 0.354 e. The number of sulfonamides is 1. The Kier molecular flexibility index (Phi) is 11.6. The summed E-state index contributed by atoms with van der Waals surface area (Å²) in [6.45, 7) is 4.07. The van der Waals surface area contributed by atoms with E-state index in [1.807, 2.05) is 31.2 Å². The van der Waals surface area contributed by atoms with Crippen molar-refractivity contribution in [1.29, 1.82) is 0 Å². The van der Waals surface area contributed by atoms with E-state index >= 15 is 0 Å². The van der Waals surface area contributed by atoms with Gasteiger partial charge < -0.3 is 10.2 Å². The van der Waals surface area contributed by atoms with E-state index in [1.54, 1.807) is 6.92 Å². The Morgan fingerprint density at radius 1 is 1.08 bits per heavy atom. The number of benzene rings is 2. The number of carbonyl (C=O) groups excluding carboxylic acids is 2. The minimum Gasteiger partial charge on any atom is -0.354 e. The molecular formula is C26H33BrF3N3O4S. The van der Waals surface area contributed by atoms with E-state index in [4.69, 9.17) is 0 Å². The fourth-order valence-electron chi connectivity index (χ4n) is 3.79. The highest BCUT2D eigenvalue weighted by Gasteiger charge is 2.32. The number of amides is 2. The highest BCUT2D eigenvalue weighted by Crippen LogP contribution is 2.32. The van der Waals surface area contributed by atoms with Crippen molar-refractivity contribution in [3.63, 3.8) is 0 Å². The molecule has 0 radical (unpaired) electrons. The van der Waals surface area contributed by atoms with Gasteiger partial charge in [0.15, 0.2) is 0 Å². The summed E-state index contributed by atoms with van der Waals surface area (Å²) in [5, 5.41) is 2.83. The second kappa shape index (κ2) is 14.0. The van der Waals surface area contributed by atoms with Crippen LogP contribution in [0, 0.1) is 0 Å². The van der Waals surface area contributed by atoms with Crippen molar-refractivity contribution in [1.82, 2.24) is 10.2 Å². The van der Waals surface area contributed by atoms with Crippen molar-refractivity contribution in [2.45, 2.75) is 58.3 Å². The zero-order valence-corrected chi connectivity index (χ0v) is 24.0. The second-order valence-corrected chi connectivity index (χ2v) is 11.8. The average Bonchev–Trinajstić information content (AvgIpc) is 2.83. The Balaban J connectivity index is 2.19. The van der Waals surface area contributed by atoms with Crippen LogP contribution in [0.2, 0.25) is 0 Å². The van der Waals surface area contributed by atoms with Gasteiger partial charge in [-0.15, -0.1) is 0 Å². The summed E-state index contributed by atoms with van der Waals surface area (Å²) < 4.78 is 65.9. The zero-order chi connectivity index (χ0) is 28.5. The first kappa shape index (κ1) is 31.6. The average molecular weight is 621 g/mol. The maximum atomic E-state index is 13.3. The summed E-state index contributed by atoms with van der Waals surface area (Å²) in [7, 11) is -3.92. The normalized spacial score (nSPS) is 12.6. The molecule has 38 heavy (non-hydrogen) atoms. The molecule has 0 aliphatic rings. The minimum absolute atomic E-state index is 0.0430. The molecule has 0 bridgehead atoms. The van der Waals surface area contributed by atoms with Crippen LogP contribution in [0.1, 0.15) is 50.7 Å². The highest BCUT2D eigenvalue weighted by molar-refractivity contribution is 9.10. The maximum absolute atomic E-state index is 13.3. The quantitative estimate of drug-likeness (QED) is 0.306. The Morgan fingerprint density at radius 3 is 2.37 bits per heavy atom. The number of rotatable bonds is 13. The summed E-state index contributed by atoms with van der Waals surface area (Å²) in [6.07, 6.45) is -2.09. The molecule has 210 valence electrons. The van der Waals surface area contributed by atoms with E-state index < -0.39 is 27.8 Å². The summed E-state index contributed by atoms with van der Waals surface area (Å²) in [6, 6.07) is 10.6. The topological polar surface area (TPSA) is 86.8 Å². The number of anilines is 1. The van der Waals surface area contributed by atoms with Crippen molar-refractivity contribution in [3.05, 3.63) is 64.1 Å². The molecule has 0 aromatic heterocycles. The van der Waals surface area contributed by atoms with Crippen LogP contribution in [0.5, 0.6) is 0 Å². The zero-order valence-electron chi connectivity index (χ0n) is 21.6. The predicted octanol–water partition coefficient (Wildman–Crippen LogP) is 5.35. The van der Waals surface area contributed by atoms with Gasteiger partial charge in [-0.2, -0.15) is 13.2 Å².